The van der Waals surface area contributed by atoms with Crippen molar-refractivity contribution >= 4 is 21.6 Å². The van der Waals surface area contributed by atoms with E-state index in [0.717, 1.165) is 42.3 Å². The molecule has 0 aromatic carbocycles. The maximum absolute atomic E-state index is 9.62. The third-order valence-electron chi connectivity index (χ3n) is 4.26. The van der Waals surface area contributed by atoms with Crippen LogP contribution in [0.4, 0.5) is 0 Å². The van der Waals surface area contributed by atoms with Crippen molar-refractivity contribution in [2.45, 2.75) is 58.0 Å². The minimum Gasteiger partial charge on any atom is -0.474 e. The van der Waals surface area contributed by atoms with Gasteiger partial charge >= 0.3 is 0 Å². The molecule has 0 amide bonds. The van der Waals surface area contributed by atoms with Crippen LogP contribution in [0.1, 0.15) is 55.9 Å². The van der Waals surface area contributed by atoms with Crippen molar-refractivity contribution in [3.63, 3.8) is 0 Å². The van der Waals surface area contributed by atoms with Gasteiger partial charge in [0.25, 0.3) is 0 Å². The number of nitrogens with zero attached hydrogens (tertiary/aromatic N) is 2. The highest BCUT2D eigenvalue weighted by Gasteiger charge is 2.29. The molecule has 21 heavy (non-hydrogen) atoms. The van der Waals surface area contributed by atoms with Crippen LogP contribution in [0.5, 0.6) is 5.88 Å². The quantitative estimate of drug-likeness (QED) is 0.884. The smallest absolute Gasteiger partial charge is 0.225 e. The minimum atomic E-state index is 0.194. The van der Waals surface area contributed by atoms with E-state index in [-0.39, 0.29) is 18.6 Å². The predicted molar refractivity (Wildman–Crippen MR) is 85.2 cm³/mol. The zero-order chi connectivity index (χ0) is 14.8. The fourth-order valence-corrected chi connectivity index (χ4v) is 4.37. The Morgan fingerprint density at radius 2 is 2.29 bits per heavy atom. The molecule has 0 aliphatic heterocycles. The summed E-state index contributed by atoms with van der Waals surface area (Å²) in [6.45, 7) is 4.51. The molecule has 2 unspecified atom stereocenters. The van der Waals surface area contributed by atoms with E-state index in [2.05, 4.69) is 23.8 Å². The molecule has 2 aromatic heterocycles. The van der Waals surface area contributed by atoms with Crippen LogP contribution in [-0.2, 0) is 6.42 Å². The molecule has 1 N–H and O–H groups in total. The average Bonchev–Trinajstić information content (AvgIpc) is 3.05. The number of rotatable bonds is 6. The SMILES string of the molecule is CCCC(CC)Oc1ncnc2sc3c(c12)C(CO)CC3. The van der Waals surface area contributed by atoms with Crippen LogP contribution in [-0.4, -0.2) is 27.8 Å². The number of aryl methyl sites for hydroxylation is 1. The Morgan fingerprint density at radius 1 is 1.43 bits per heavy atom. The van der Waals surface area contributed by atoms with Crippen LogP contribution in [0.3, 0.4) is 0 Å². The fourth-order valence-electron chi connectivity index (χ4n) is 3.14. The second-order valence-electron chi connectivity index (χ2n) is 5.65. The Labute approximate surface area is 129 Å². The second-order valence-corrected chi connectivity index (χ2v) is 6.74. The van der Waals surface area contributed by atoms with Crippen molar-refractivity contribution < 1.29 is 9.84 Å². The van der Waals surface area contributed by atoms with Crippen molar-refractivity contribution in [3.8, 4) is 5.88 Å². The number of fused-ring (bicyclic) bond motifs is 3. The van der Waals surface area contributed by atoms with Gasteiger partial charge in [0, 0.05) is 10.8 Å². The summed E-state index contributed by atoms with van der Waals surface area (Å²) in [4.78, 5) is 11.1. The summed E-state index contributed by atoms with van der Waals surface area (Å²) >= 11 is 1.73. The Bertz CT molecular complexity index is 626. The molecule has 114 valence electrons. The van der Waals surface area contributed by atoms with E-state index in [1.165, 1.54) is 10.4 Å². The molecule has 1 aliphatic rings. The highest BCUT2D eigenvalue weighted by atomic mass is 32.1. The average molecular weight is 306 g/mol. The van der Waals surface area contributed by atoms with E-state index >= 15 is 0 Å². The molecule has 2 heterocycles. The van der Waals surface area contributed by atoms with Crippen LogP contribution < -0.4 is 4.74 Å². The van der Waals surface area contributed by atoms with E-state index in [1.807, 2.05) is 0 Å². The molecule has 0 saturated carbocycles. The van der Waals surface area contributed by atoms with Gasteiger partial charge in [0.1, 0.15) is 17.3 Å². The summed E-state index contributed by atoms with van der Waals surface area (Å²) in [6.07, 6.45) is 6.98. The van der Waals surface area contributed by atoms with Gasteiger partial charge in [0.2, 0.25) is 5.88 Å². The highest BCUT2D eigenvalue weighted by molar-refractivity contribution is 7.19. The standard InChI is InChI=1S/C16H22N2O2S/c1-3-5-11(4-2)20-15-14-13-10(8-19)6-7-12(13)21-16(14)18-9-17-15/h9-11,19H,3-8H2,1-2H3. The molecular weight excluding hydrogens is 284 g/mol. The third-order valence-corrected chi connectivity index (χ3v) is 5.43. The number of hydrogen-bond acceptors (Lipinski definition) is 5. The zero-order valence-corrected chi connectivity index (χ0v) is 13.4. The lowest BCUT2D eigenvalue weighted by Gasteiger charge is -2.17. The first-order chi connectivity index (χ1) is 10.3. The van der Waals surface area contributed by atoms with Crippen molar-refractivity contribution in [1.82, 2.24) is 9.97 Å². The normalized spacial score (nSPS) is 18.9. The number of aliphatic hydroxyl groups excluding tert-OH is 1. The number of ether oxygens (including phenoxy) is 1. The first-order valence-electron chi connectivity index (χ1n) is 7.82. The molecule has 2 aromatic rings. The fraction of sp³-hybridized carbons (Fsp3) is 0.625. The second kappa shape index (κ2) is 6.28. The summed E-state index contributed by atoms with van der Waals surface area (Å²) in [5.41, 5.74) is 1.24. The molecule has 1 aliphatic carbocycles. The number of thiophene rings is 1. The Balaban J connectivity index is 2.03. The van der Waals surface area contributed by atoms with Crippen molar-refractivity contribution in [3.05, 3.63) is 16.8 Å². The maximum Gasteiger partial charge on any atom is 0.225 e. The van der Waals surface area contributed by atoms with Gasteiger partial charge in [-0.3, -0.25) is 0 Å². The molecule has 0 radical (unpaired) electrons. The van der Waals surface area contributed by atoms with Gasteiger partial charge in [-0.1, -0.05) is 20.3 Å². The molecule has 3 rings (SSSR count). The van der Waals surface area contributed by atoms with Gasteiger partial charge in [-0.05, 0) is 31.2 Å². The highest BCUT2D eigenvalue weighted by Crippen LogP contribution is 2.45. The van der Waals surface area contributed by atoms with Crippen LogP contribution >= 0.6 is 11.3 Å². The molecule has 0 spiro atoms. The summed E-state index contributed by atoms with van der Waals surface area (Å²) < 4.78 is 6.17. The van der Waals surface area contributed by atoms with Crippen LogP contribution in [0, 0.1) is 0 Å². The summed E-state index contributed by atoms with van der Waals surface area (Å²) in [7, 11) is 0. The lowest BCUT2D eigenvalue weighted by Crippen LogP contribution is -2.16. The summed E-state index contributed by atoms with van der Waals surface area (Å²) in [6, 6.07) is 0. The molecule has 0 bridgehead atoms. The first kappa shape index (κ1) is 14.7. The van der Waals surface area contributed by atoms with Crippen LogP contribution in [0.25, 0.3) is 10.2 Å². The molecular formula is C16H22N2O2S. The van der Waals surface area contributed by atoms with Gasteiger partial charge in [-0.15, -0.1) is 11.3 Å². The Morgan fingerprint density at radius 3 is 3.00 bits per heavy atom. The lowest BCUT2D eigenvalue weighted by atomic mass is 10.0. The van der Waals surface area contributed by atoms with Crippen molar-refractivity contribution in [2.75, 3.05) is 6.61 Å². The molecule has 2 atom stereocenters. The Hall–Kier alpha value is -1.20. The van der Waals surface area contributed by atoms with Gasteiger partial charge in [0.15, 0.2) is 0 Å². The van der Waals surface area contributed by atoms with Crippen molar-refractivity contribution in [1.29, 1.82) is 0 Å². The third kappa shape index (κ3) is 2.64. The summed E-state index contributed by atoms with van der Waals surface area (Å²) in [5, 5.41) is 10.7. The predicted octanol–water partition coefficient (Wildman–Crippen LogP) is 3.67. The van der Waals surface area contributed by atoms with E-state index in [9.17, 15) is 5.11 Å². The minimum absolute atomic E-state index is 0.194. The van der Waals surface area contributed by atoms with Gasteiger partial charge in [0.05, 0.1) is 12.0 Å². The van der Waals surface area contributed by atoms with E-state index in [0.29, 0.717) is 5.88 Å². The Kier molecular flexibility index (Phi) is 4.40. The molecule has 0 fully saturated rings. The monoisotopic (exact) mass is 306 g/mol. The number of hydrogen-bond donors (Lipinski definition) is 1. The summed E-state index contributed by atoms with van der Waals surface area (Å²) in [5.74, 6) is 0.923. The van der Waals surface area contributed by atoms with Crippen LogP contribution in [0.15, 0.2) is 6.33 Å². The first-order valence-corrected chi connectivity index (χ1v) is 8.63. The van der Waals surface area contributed by atoms with E-state index in [1.54, 1.807) is 17.7 Å². The zero-order valence-electron chi connectivity index (χ0n) is 12.6. The van der Waals surface area contributed by atoms with Gasteiger partial charge in [-0.2, -0.15) is 0 Å². The van der Waals surface area contributed by atoms with Gasteiger partial charge in [-0.25, -0.2) is 9.97 Å². The molecule has 0 saturated heterocycles. The number of aliphatic hydroxyl groups is 1. The maximum atomic E-state index is 9.62. The largest absolute Gasteiger partial charge is 0.474 e. The lowest BCUT2D eigenvalue weighted by molar-refractivity contribution is 0.180. The van der Waals surface area contributed by atoms with E-state index < -0.39 is 0 Å². The molecule has 4 nitrogen and oxygen atoms in total. The topological polar surface area (TPSA) is 55.2 Å². The molecule has 5 heteroatoms. The van der Waals surface area contributed by atoms with Crippen molar-refractivity contribution in [2.24, 2.45) is 0 Å². The van der Waals surface area contributed by atoms with E-state index in [4.69, 9.17) is 4.74 Å². The van der Waals surface area contributed by atoms with Gasteiger partial charge < -0.3 is 9.84 Å². The van der Waals surface area contributed by atoms with Crippen LogP contribution in [0.2, 0.25) is 0 Å². The number of aromatic nitrogens is 2.